The van der Waals surface area contributed by atoms with Crippen LogP contribution in [0.3, 0.4) is 0 Å². The van der Waals surface area contributed by atoms with Crippen molar-refractivity contribution in [2.45, 2.75) is 76.2 Å². The molecule has 1 saturated carbocycles. The fraction of sp³-hybridized carbons (Fsp3) is 0.529. The predicted molar refractivity (Wildman–Crippen MR) is 155 cm³/mol. The highest BCUT2D eigenvalue weighted by Gasteiger charge is 2.66. The van der Waals surface area contributed by atoms with E-state index in [1.54, 1.807) is 14.0 Å². The average Bonchev–Trinajstić information content (AvgIpc) is 3.30. The standard InChI is InChI=1S/C34H37F3N2O4/c1-20(2)18-39(29(41)14-7-22-5-9-24(10-6-22)34(35,36)37)26-12-11-25-27-17-23-8-13-28(42-4)31-30(23)33(25,32(26)43-31)15-16-38(27)19-21(3)40/h5-6,8-10,13,20,25-27,32H,11-12,15-19H2,1-4H3/t25-,26+,27+,32-,33-/m0/s1. The molecule has 228 valence electrons. The zero-order valence-electron chi connectivity index (χ0n) is 25.0. The monoisotopic (exact) mass is 594 g/mol. The van der Waals surface area contributed by atoms with Crippen molar-refractivity contribution in [1.29, 1.82) is 0 Å². The van der Waals surface area contributed by atoms with E-state index in [1.807, 2.05) is 11.0 Å². The molecule has 0 unspecified atom stereocenters. The molecule has 1 amide bonds. The number of likely N-dealkylation sites (tertiary alicyclic amines) is 1. The highest BCUT2D eigenvalue weighted by Crippen LogP contribution is 2.64. The Balaban J connectivity index is 1.36. The van der Waals surface area contributed by atoms with Crippen molar-refractivity contribution in [2.24, 2.45) is 11.8 Å². The molecule has 2 heterocycles. The SMILES string of the molecule is COc1ccc2c3c1O[C@H]1[C@H](N(CC(C)C)C(=O)C#Cc4ccc(C(F)(F)F)cc4)CC[C@H]4[C@@H](C2)N(CC(C)=O)CC[C@@]341. The van der Waals surface area contributed by atoms with Gasteiger partial charge in [-0.1, -0.05) is 25.8 Å². The number of ketones is 1. The Morgan fingerprint density at radius 3 is 2.56 bits per heavy atom. The molecule has 5 atom stereocenters. The summed E-state index contributed by atoms with van der Waals surface area (Å²) in [5.41, 5.74) is 1.71. The minimum Gasteiger partial charge on any atom is -0.493 e. The van der Waals surface area contributed by atoms with Crippen LogP contribution in [0.25, 0.3) is 0 Å². The van der Waals surface area contributed by atoms with Crippen LogP contribution in [0.4, 0.5) is 13.2 Å². The predicted octanol–water partition coefficient (Wildman–Crippen LogP) is 5.25. The van der Waals surface area contributed by atoms with Gasteiger partial charge in [0, 0.05) is 35.0 Å². The van der Waals surface area contributed by atoms with E-state index in [0.717, 1.165) is 50.1 Å². The molecule has 2 aromatic rings. The maximum atomic E-state index is 13.8. The van der Waals surface area contributed by atoms with Crippen LogP contribution in [0.15, 0.2) is 36.4 Å². The van der Waals surface area contributed by atoms with Crippen LogP contribution in [-0.2, 0) is 27.6 Å². The second-order valence-corrected chi connectivity index (χ2v) is 12.8. The molecule has 1 saturated heterocycles. The molecule has 2 aromatic carbocycles. The van der Waals surface area contributed by atoms with E-state index in [-0.39, 0.29) is 47.1 Å². The van der Waals surface area contributed by atoms with Gasteiger partial charge < -0.3 is 14.4 Å². The van der Waals surface area contributed by atoms with Crippen LogP contribution >= 0.6 is 0 Å². The number of rotatable bonds is 6. The number of carbonyl (C=O) groups is 2. The summed E-state index contributed by atoms with van der Waals surface area (Å²) < 4.78 is 51.7. The number of halogens is 3. The van der Waals surface area contributed by atoms with Crippen molar-refractivity contribution in [3.63, 3.8) is 0 Å². The molecule has 0 radical (unpaired) electrons. The number of alkyl halides is 3. The van der Waals surface area contributed by atoms with E-state index >= 15 is 0 Å². The van der Waals surface area contributed by atoms with Gasteiger partial charge in [0.2, 0.25) is 0 Å². The number of piperidine rings is 1. The van der Waals surface area contributed by atoms with Crippen LogP contribution in [0.2, 0.25) is 0 Å². The van der Waals surface area contributed by atoms with Crippen LogP contribution < -0.4 is 9.47 Å². The lowest BCUT2D eigenvalue weighted by molar-refractivity contribution is -0.139. The largest absolute Gasteiger partial charge is 0.493 e. The molecule has 1 spiro atoms. The summed E-state index contributed by atoms with van der Waals surface area (Å²) in [7, 11) is 1.64. The van der Waals surface area contributed by atoms with Crippen molar-refractivity contribution >= 4 is 11.7 Å². The third-order valence-electron chi connectivity index (χ3n) is 9.78. The number of Topliss-reactive ketones (excluding diaryl/α,β-unsaturated/α-hetero) is 1. The summed E-state index contributed by atoms with van der Waals surface area (Å²) in [6.07, 6.45) is -1.46. The highest BCUT2D eigenvalue weighted by atomic mass is 19.4. The Morgan fingerprint density at radius 1 is 1.16 bits per heavy atom. The molecular formula is C34H37F3N2O4. The molecule has 43 heavy (non-hydrogen) atoms. The molecule has 2 aliphatic heterocycles. The maximum absolute atomic E-state index is 13.8. The Bertz CT molecular complexity index is 1490. The summed E-state index contributed by atoms with van der Waals surface area (Å²) in [6, 6.07) is 8.60. The molecule has 0 aromatic heterocycles. The Hall–Kier alpha value is -3.51. The fourth-order valence-electron chi connectivity index (χ4n) is 8.25. The highest BCUT2D eigenvalue weighted by molar-refractivity contribution is 5.94. The van der Waals surface area contributed by atoms with Gasteiger partial charge in [-0.05, 0) is 86.9 Å². The first-order chi connectivity index (χ1) is 20.4. The molecule has 6 rings (SSSR count). The molecule has 9 heteroatoms. The van der Waals surface area contributed by atoms with Gasteiger partial charge in [-0.15, -0.1) is 0 Å². The first-order valence-electron chi connectivity index (χ1n) is 15.0. The van der Waals surface area contributed by atoms with E-state index in [9.17, 15) is 22.8 Å². The molecular weight excluding hydrogens is 557 g/mol. The van der Waals surface area contributed by atoms with Gasteiger partial charge in [-0.2, -0.15) is 13.2 Å². The van der Waals surface area contributed by atoms with E-state index in [2.05, 4.69) is 36.7 Å². The van der Waals surface area contributed by atoms with E-state index in [0.29, 0.717) is 24.4 Å². The van der Waals surface area contributed by atoms with Gasteiger partial charge in [-0.3, -0.25) is 14.5 Å². The number of carbonyl (C=O) groups excluding carboxylic acids is 2. The van der Waals surface area contributed by atoms with E-state index < -0.39 is 11.7 Å². The second-order valence-electron chi connectivity index (χ2n) is 12.8. The van der Waals surface area contributed by atoms with Gasteiger partial charge in [-0.25, -0.2) is 0 Å². The lowest BCUT2D eigenvalue weighted by Gasteiger charge is -2.60. The van der Waals surface area contributed by atoms with Crippen molar-refractivity contribution in [2.75, 3.05) is 26.7 Å². The van der Waals surface area contributed by atoms with E-state index in [4.69, 9.17) is 9.47 Å². The quantitative estimate of drug-likeness (QED) is 0.428. The fourth-order valence-corrected chi connectivity index (χ4v) is 8.25. The zero-order valence-corrected chi connectivity index (χ0v) is 25.0. The molecule has 0 N–H and O–H groups in total. The van der Waals surface area contributed by atoms with Crippen LogP contribution in [0.1, 0.15) is 62.3 Å². The number of benzene rings is 2. The number of amides is 1. The van der Waals surface area contributed by atoms with Gasteiger partial charge in [0.15, 0.2) is 11.5 Å². The number of hydrogen-bond donors (Lipinski definition) is 0. The van der Waals surface area contributed by atoms with Crippen molar-refractivity contribution in [3.05, 3.63) is 58.7 Å². The Labute approximate surface area is 250 Å². The molecule has 2 aliphatic carbocycles. The second kappa shape index (κ2) is 10.9. The summed E-state index contributed by atoms with van der Waals surface area (Å²) in [5, 5.41) is 0. The van der Waals surface area contributed by atoms with Crippen LogP contribution in [-0.4, -0.2) is 66.4 Å². The lowest BCUT2D eigenvalue weighted by Crippen LogP contribution is -2.69. The zero-order chi connectivity index (χ0) is 30.7. The summed E-state index contributed by atoms with van der Waals surface area (Å²) >= 11 is 0. The molecule has 2 bridgehead atoms. The van der Waals surface area contributed by atoms with Crippen LogP contribution in [0.5, 0.6) is 11.5 Å². The average molecular weight is 595 g/mol. The first kappa shape index (κ1) is 29.6. The lowest BCUT2D eigenvalue weighted by atomic mass is 9.51. The Morgan fingerprint density at radius 2 is 1.91 bits per heavy atom. The first-order valence-corrected chi connectivity index (χ1v) is 15.0. The van der Waals surface area contributed by atoms with Gasteiger partial charge in [0.25, 0.3) is 5.91 Å². The smallest absolute Gasteiger partial charge is 0.416 e. The number of ether oxygens (including phenoxy) is 2. The Kier molecular flexibility index (Phi) is 7.48. The molecule has 6 nitrogen and oxygen atoms in total. The van der Waals surface area contributed by atoms with Crippen LogP contribution in [0, 0.1) is 23.7 Å². The minimum atomic E-state index is -4.43. The van der Waals surface area contributed by atoms with E-state index in [1.165, 1.54) is 23.3 Å². The minimum absolute atomic E-state index is 0.158. The third-order valence-corrected chi connectivity index (χ3v) is 9.78. The van der Waals surface area contributed by atoms with Gasteiger partial charge >= 0.3 is 6.18 Å². The maximum Gasteiger partial charge on any atom is 0.416 e. The topological polar surface area (TPSA) is 59.1 Å². The van der Waals surface area contributed by atoms with Crippen molar-refractivity contribution in [3.8, 4) is 23.3 Å². The molecule has 2 fully saturated rings. The number of methoxy groups -OCH3 is 1. The van der Waals surface area contributed by atoms with Crippen molar-refractivity contribution < 1.29 is 32.2 Å². The number of nitrogens with zero attached hydrogens (tertiary/aromatic N) is 2. The summed E-state index contributed by atoms with van der Waals surface area (Å²) in [6.45, 7) is 7.43. The molecule has 4 aliphatic rings. The van der Waals surface area contributed by atoms with Gasteiger partial charge in [0.05, 0.1) is 25.3 Å². The summed E-state index contributed by atoms with van der Waals surface area (Å²) in [5.74, 6) is 7.23. The van der Waals surface area contributed by atoms with Crippen molar-refractivity contribution in [1.82, 2.24) is 9.80 Å². The summed E-state index contributed by atoms with van der Waals surface area (Å²) in [4.78, 5) is 30.2. The van der Waals surface area contributed by atoms with Gasteiger partial charge in [0.1, 0.15) is 11.9 Å². The normalized spacial score (nSPS) is 27.1. The third kappa shape index (κ3) is 4.98. The number of hydrogen-bond acceptors (Lipinski definition) is 5.